The molecule has 1 heterocycles. The quantitative estimate of drug-likeness (QED) is 0.691. The Kier molecular flexibility index (Phi) is 3.15. The fraction of sp³-hybridized carbons (Fsp3) is 0.0714. The van der Waals surface area contributed by atoms with Crippen LogP contribution in [0.15, 0.2) is 42.5 Å². The van der Waals surface area contributed by atoms with E-state index in [0.717, 1.165) is 0 Å². The van der Waals surface area contributed by atoms with Crippen LogP contribution < -0.4 is 14.8 Å². The maximum Gasteiger partial charge on any atom is 0.282 e. The van der Waals surface area contributed by atoms with Crippen LogP contribution in [0.5, 0.6) is 11.5 Å². The molecule has 0 fully saturated rings. The van der Waals surface area contributed by atoms with Crippen molar-refractivity contribution in [3.63, 3.8) is 0 Å². The van der Waals surface area contributed by atoms with Crippen molar-refractivity contribution in [3.8, 4) is 11.5 Å². The van der Waals surface area contributed by atoms with Crippen LogP contribution in [0, 0.1) is 10.1 Å². The van der Waals surface area contributed by atoms with Crippen LogP contribution in [-0.2, 0) is 0 Å². The van der Waals surface area contributed by atoms with E-state index in [4.69, 9.17) is 9.47 Å². The predicted octanol–water partition coefficient (Wildman–Crippen LogP) is 2.58. The summed E-state index contributed by atoms with van der Waals surface area (Å²) >= 11 is 0. The lowest BCUT2D eigenvalue weighted by Gasteiger charge is -2.06. The summed E-state index contributed by atoms with van der Waals surface area (Å²) < 4.78 is 10.4. The van der Waals surface area contributed by atoms with Crippen molar-refractivity contribution in [2.45, 2.75) is 0 Å². The van der Waals surface area contributed by atoms with Crippen molar-refractivity contribution in [2.75, 3.05) is 12.1 Å². The van der Waals surface area contributed by atoms with Crippen molar-refractivity contribution < 1.29 is 19.2 Å². The van der Waals surface area contributed by atoms with Gasteiger partial charge in [-0.05, 0) is 18.2 Å². The Morgan fingerprint density at radius 3 is 2.71 bits per heavy atom. The molecule has 3 rings (SSSR count). The topological polar surface area (TPSA) is 90.7 Å². The molecule has 7 heteroatoms. The second-order valence-electron chi connectivity index (χ2n) is 4.30. The van der Waals surface area contributed by atoms with Crippen molar-refractivity contribution in [1.29, 1.82) is 0 Å². The van der Waals surface area contributed by atoms with Crippen LogP contribution in [0.4, 0.5) is 11.4 Å². The van der Waals surface area contributed by atoms with Crippen molar-refractivity contribution >= 4 is 17.3 Å². The van der Waals surface area contributed by atoms with E-state index in [-0.39, 0.29) is 18.0 Å². The highest BCUT2D eigenvalue weighted by molar-refractivity contribution is 6.07. The summed E-state index contributed by atoms with van der Waals surface area (Å²) in [7, 11) is 0. The van der Waals surface area contributed by atoms with Crippen molar-refractivity contribution in [1.82, 2.24) is 0 Å². The summed E-state index contributed by atoms with van der Waals surface area (Å²) in [5.74, 6) is 0.565. The van der Waals surface area contributed by atoms with Gasteiger partial charge in [0.15, 0.2) is 11.5 Å². The molecule has 0 saturated heterocycles. The summed E-state index contributed by atoms with van der Waals surface area (Å²) in [6.45, 7) is 0.136. The average Bonchev–Trinajstić information content (AvgIpc) is 2.94. The Morgan fingerprint density at radius 2 is 1.90 bits per heavy atom. The summed E-state index contributed by atoms with van der Waals surface area (Å²) in [6, 6.07) is 10.7. The van der Waals surface area contributed by atoms with Gasteiger partial charge in [-0.3, -0.25) is 14.9 Å². The van der Waals surface area contributed by atoms with Crippen LogP contribution >= 0.6 is 0 Å². The Balaban J connectivity index is 1.85. The van der Waals surface area contributed by atoms with Crippen LogP contribution in [0.25, 0.3) is 0 Å². The number of carbonyl (C=O) groups is 1. The summed E-state index contributed by atoms with van der Waals surface area (Å²) in [6.07, 6.45) is 0. The number of amides is 1. The first-order valence-corrected chi connectivity index (χ1v) is 6.09. The third-order valence-corrected chi connectivity index (χ3v) is 2.98. The van der Waals surface area contributed by atoms with Gasteiger partial charge in [0.2, 0.25) is 6.79 Å². The number of nitro groups is 1. The van der Waals surface area contributed by atoms with Crippen molar-refractivity contribution in [2.24, 2.45) is 0 Å². The molecule has 2 aromatic rings. The fourth-order valence-electron chi connectivity index (χ4n) is 2.00. The molecular formula is C14H10N2O5. The smallest absolute Gasteiger partial charge is 0.282 e. The monoisotopic (exact) mass is 286 g/mol. The molecule has 1 amide bonds. The maximum atomic E-state index is 12.2. The largest absolute Gasteiger partial charge is 0.454 e. The van der Waals surface area contributed by atoms with Crippen molar-refractivity contribution in [3.05, 3.63) is 58.1 Å². The summed E-state index contributed by atoms with van der Waals surface area (Å²) in [5.41, 5.74) is 0.235. The number of nitro benzene ring substituents is 1. The minimum Gasteiger partial charge on any atom is -0.454 e. The van der Waals surface area contributed by atoms with Crippen LogP contribution in [0.1, 0.15) is 10.4 Å². The van der Waals surface area contributed by atoms with Gasteiger partial charge in [0.05, 0.1) is 4.92 Å². The lowest BCUT2D eigenvalue weighted by atomic mass is 10.1. The first-order valence-electron chi connectivity index (χ1n) is 6.09. The standard InChI is InChI=1S/C14H10N2O5/c17-14(10-3-1-2-4-11(10)16(18)19)15-9-5-6-12-13(7-9)21-8-20-12/h1-7H,8H2,(H,15,17). The number of ether oxygens (including phenoxy) is 2. The molecule has 0 aromatic heterocycles. The zero-order chi connectivity index (χ0) is 14.8. The first kappa shape index (κ1) is 12.9. The van der Waals surface area contributed by atoms with Gasteiger partial charge in [-0.15, -0.1) is 0 Å². The molecule has 0 aliphatic carbocycles. The van der Waals surface area contributed by atoms with E-state index in [9.17, 15) is 14.9 Å². The zero-order valence-corrected chi connectivity index (χ0v) is 10.7. The minimum atomic E-state index is -0.589. The van der Waals surface area contributed by atoms with E-state index in [2.05, 4.69) is 5.32 Å². The molecule has 1 N–H and O–H groups in total. The van der Waals surface area contributed by atoms with Gasteiger partial charge in [0, 0.05) is 17.8 Å². The molecule has 7 nitrogen and oxygen atoms in total. The summed E-state index contributed by atoms with van der Waals surface area (Å²) in [4.78, 5) is 22.5. The Hall–Kier alpha value is -3.09. The van der Waals surface area contributed by atoms with E-state index in [1.165, 1.54) is 18.2 Å². The van der Waals surface area contributed by atoms with Gasteiger partial charge < -0.3 is 14.8 Å². The number of anilines is 1. The average molecular weight is 286 g/mol. The number of nitrogens with one attached hydrogen (secondary N) is 1. The highest BCUT2D eigenvalue weighted by Gasteiger charge is 2.20. The van der Waals surface area contributed by atoms with E-state index < -0.39 is 10.8 Å². The molecule has 2 aromatic carbocycles. The molecule has 0 spiro atoms. The molecular weight excluding hydrogens is 276 g/mol. The third-order valence-electron chi connectivity index (χ3n) is 2.98. The number of benzene rings is 2. The van der Waals surface area contributed by atoms with Crippen LogP contribution in [0.3, 0.4) is 0 Å². The zero-order valence-electron chi connectivity index (χ0n) is 10.7. The Labute approximate surface area is 119 Å². The van der Waals surface area contributed by atoms with Gasteiger partial charge in [0.1, 0.15) is 5.56 Å². The molecule has 0 saturated carbocycles. The second kappa shape index (κ2) is 5.12. The van der Waals surface area contributed by atoms with Gasteiger partial charge in [0.25, 0.3) is 11.6 Å². The van der Waals surface area contributed by atoms with Crippen LogP contribution in [0.2, 0.25) is 0 Å². The predicted molar refractivity (Wildman–Crippen MR) is 73.6 cm³/mol. The van der Waals surface area contributed by atoms with Gasteiger partial charge in [-0.25, -0.2) is 0 Å². The van der Waals surface area contributed by atoms with Crippen LogP contribution in [-0.4, -0.2) is 17.6 Å². The molecule has 0 bridgehead atoms. The Bertz CT molecular complexity index is 729. The number of hydrogen-bond donors (Lipinski definition) is 1. The van der Waals surface area contributed by atoms with E-state index in [1.807, 2.05) is 0 Å². The second-order valence-corrected chi connectivity index (χ2v) is 4.30. The molecule has 0 atom stereocenters. The molecule has 0 radical (unpaired) electrons. The number of rotatable bonds is 3. The highest BCUT2D eigenvalue weighted by Crippen LogP contribution is 2.34. The number of para-hydroxylation sites is 1. The number of fused-ring (bicyclic) bond motifs is 1. The normalized spacial score (nSPS) is 12.0. The SMILES string of the molecule is O=C(Nc1ccc2c(c1)OCO2)c1ccccc1[N+](=O)[O-]. The summed E-state index contributed by atoms with van der Waals surface area (Å²) in [5, 5.41) is 13.5. The number of carbonyl (C=O) groups excluding carboxylic acids is 1. The maximum absolute atomic E-state index is 12.2. The van der Waals surface area contributed by atoms with E-state index in [1.54, 1.807) is 24.3 Å². The lowest BCUT2D eigenvalue weighted by molar-refractivity contribution is -0.385. The molecule has 1 aliphatic rings. The molecule has 0 unspecified atom stereocenters. The third kappa shape index (κ3) is 2.48. The molecule has 106 valence electrons. The van der Waals surface area contributed by atoms with Gasteiger partial charge in [-0.1, -0.05) is 12.1 Å². The first-order chi connectivity index (χ1) is 10.1. The highest BCUT2D eigenvalue weighted by atomic mass is 16.7. The van der Waals surface area contributed by atoms with E-state index in [0.29, 0.717) is 17.2 Å². The van der Waals surface area contributed by atoms with Gasteiger partial charge >= 0.3 is 0 Å². The Morgan fingerprint density at radius 1 is 1.14 bits per heavy atom. The molecule has 1 aliphatic heterocycles. The van der Waals surface area contributed by atoms with E-state index >= 15 is 0 Å². The van der Waals surface area contributed by atoms with Gasteiger partial charge in [-0.2, -0.15) is 0 Å². The lowest BCUT2D eigenvalue weighted by Crippen LogP contribution is -2.13. The number of hydrogen-bond acceptors (Lipinski definition) is 5. The fourth-order valence-corrected chi connectivity index (χ4v) is 2.00. The minimum absolute atomic E-state index is 0.000154. The molecule has 21 heavy (non-hydrogen) atoms. The number of nitrogens with zero attached hydrogens (tertiary/aromatic N) is 1.